The first-order chi connectivity index (χ1) is 8.99. The number of hydrogen-bond acceptors (Lipinski definition) is 2. The molecule has 1 heterocycles. The highest BCUT2D eigenvalue weighted by atomic mass is 35.5. The van der Waals surface area contributed by atoms with Crippen molar-refractivity contribution < 1.29 is 19.1 Å². The molecule has 6 heteroatoms. The molecule has 0 saturated carbocycles. The average Bonchev–Trinajstić information content (AvgIpc) is 2.82. The van der Waals surface area contributed by atoms with E-state index >= 15 is 0 Å². The SMILES string of the molecule is O=C(O)[C@H]1CCCN1C(=O)Cc1ccc(F)cc1Cl. The van der Waals surface area contributed by atoms with Gasteiger partial charge in [0.15, 0.2) is 0 Å². The van der Waals surface area contributed by atoms with Crippen LogP contribution in [0.15, 0.2) is 18.2 Å². The molecule has 4 nitrogen and oxygen atoms in total. The summed E-state index contributed by atoms with van der Waals surface area (Å²) in [5.41, 5.74) is 0.504. The number of likely N-dealkylation sites (tertiary alicyclic amines) is 1. The van der Waals surface area contributed by atoms with Crippen LogP contribution in [0.4, 0.5) is 4.39 Å². The molecule has 1 N–H and O–H groups in total. The van der Waals surface area contributed by atoms with Crippen molar-refractivity contribution in [2.45, 2.75) is 25.3 Å². The maximum atomic E-state index is 12.9. The van der Waals surface area contributed by atoms with Crippen LogP contribution in [0.5, 0.6) is 0 Å². The Morgan fingerprint density at radius 2 is 2.21 bits per heavy atom. The number of rotatable bonds is 3. The monoisotopic (exact) mass is 285 g/mol. The summed E-state index contributed by atoms with van der Waals surface area (Å²) in [4.78, 5) is 24.4. The highest BCUT2D eigenvalue weighted by molar-refractivity contribution is 6.31. The molecule has 1 saturated heterocycles. The van der Waals surface area contributed by atoms with Crippen LogP contribution in [0.2, 0.25) is 5.02 Å². The van der Waals surface area contributed by atoms with Crippen LogP contribution in [-0.4, -0.2) is 34.5 Å². The van der Waals surface area contributed by atoms with Crippen LogP contribution in [0.3, 0.4) is 0 Å². The van der Waals surface area contributed by atoms with Crippen molar-refractivity contribution in [3.05, 3.63) is 34.6 Å². The van der Waals surface area contributed by atoms with Crippen molar-refractivity contribution in [1.82, 2.24) is 4.90 Å². The Balaban J connectivity index is 2.10. The summed E-state index contributed by atoms with van der Waals surface area (Å²) in [6.45, 7) is 0.439. The van der Waals surface area contributed by atoms with Gasteiger partial charge in [-0.15, -0.1) is 0 Å². The number of nitrogens with zero attached hydrogens (tertiary/aromatic N) is 1. The summed E-state index contributed by atoms with van der Waals surface area (Å²) in [7, 11) is 0. The lowest BCUT2D eigenvalue weighted by Gasteiger charge is -2.21. The fraction of sp³-hybridized carbons (Fsp3) is 0.385. The summed E-state index contributed by atoms with van der Waals surface area (Å²) >= 11 is 5.85. The lowest BCUT2D eigenvalue weighted by Crippen LogP contribution is -2.41. The molecule has 1 atom stereocenters. The van der Waals surface area contributed by atoms with E-state index in [1.807, 2.05) is 0 Å². The first-order valence-corrected chi connectivity index (χ1v) is 6.33. The molecule has 0 spiro atoms. The molecule has 1 amide bonds. The molecule has 2 rings (SSSR count). The number of carbonyl (C=O) groups is 2. The minimum absolute atomic E-state index is 0.0110. The van der Waals surface area contributed by atoms with E-state index in [0.29, 0.717) is 24.9 Å². The lowest BCUT2D eigenvalue weighted by atomic mass is 10.1. The standard InChI is InChI=1S/C13H13ClFNO3/c14-10-7-9(15)4-3-8(10)6-12(17)16-5-1-2-11(16)13(18)19/h3-4,7,11H,1-2,5-6H2,(H,18,19)/t11-/m1/s1. The molecule has 1 fully saturated rings. The fourth-order valence-electron chi connectivity index (χ4n) is 2.25. The number of amides is 1. The molecule has 0 radical (unpaired) electrons. The second-order valence-electron chi connectivity index (χ2n) is 4.50. The maximum absolute atomic E-state index is 12.9. The van der Waals surface area contributed by atoms with Crippen molar-refractivity contribution in [3.8, 4) is 0 Å². The topological polar surface area (TPSA) is 57.6 Å². The molecule has 1 aromatic rings. The molecular formula is C13H13ClFNO3. The summed E-state index contributed by atoms with van der Waals surface area (Å²) < 4.78 is 12.9. The molecule has 0 aliphatic carbocycles. The zero-order valence-electron chi connectivity index (χ0n) is 10.1. The largest absolute Gasteiger partial charge is 0.480 e. The van der Waals surface area contributed by atoms with E-state index in [1.54, 1.807) is 0 Å². The van der Waals surface area contributed by atoms with Crippen LogP contribution in [-0.2, 0) is 16.0 Å². The van der Waals surface area contributed by atoms with Crippen LogP contribution >= 0.6 is 11.6 Å². The molecule has 19 heavy (non-hydrogen) atoms. The summed E-state index contributed by atoms with van der Waals surface area (Å²) in [5.74, 6) is -1.75. The van der Waals surface area contributed by atoms with E-state index in [4.69, 9.17) is 16.7 Å². The van der Waals surface area contributed by atoms with Crippen molar-refractivity contribution in [3.63, 3.8) is 0 Å². The van der Waals surface area contributed by atoms with Crippen LogP contribution in [0.25, 0.3) is 0 Å². The van der Waals surface area contributed by atoms with Gasteiger partial charge >= 0.3 is 5.97 Å². The Labute approximate surface area is 114 Å². The molecule has 102 valence electrons. The molecule has 1 aromatic carbocycles. The van der Waals surface area contributed by atoms with Crippen LogP contribution < -0.4 is 0 Å². The minimum Gasteiger partial charge on any atom is -0.480 e. The average molecular weight is 286 g/mol. The Bertz CT molecular complexity index is 521. The van der Waals surface area contributed by atoms with Gasteiger partial charge in [-0.2, -0.15) is 0 Å². The molecule has 1 aliphatic rings. The third kappa shape index (κ3) is 3.04. The van der Waals surface area contributed by atoms with Crippen molar-refractivity contribution in [2.24, 2.45) is 0 Å². The van der Waals surface area contributed by atoms with Gasteiger partial charge in [0.05, 0.1) is 6.42 Å². The quantitative estimate of drug-likeness (QED) is 0.925. The highest BCUT2D eigenvalue weighted by Gasteiger charge is 2.33. The van der Waals surface area contributed by atoms with Gasteiger partial charge in [-0.25, -0.2) is 9.18 Å². The van der Waals surface area contributed by atoms with Gasteiger partial charge in [0, 0.05) is 11.6 Å². The van der Waals surface area contributed by atoms with Crippen molar-refractivity contribution in [1.29, 1.82) is 0 Å². The number of benzene rings is 1. The van der Waals surface area contributed by atoms with Gasteiger partial charge in [0.25, 0.3) is 0 Å². The Kier molecular flexibility index (Phi) is 4.04. The smallest absolute Gasteiger partial charge is 0.326 e. The lowest BCUT2D eigenvalue weighted by molar-refractivity contribution is -0.148. The number of carboxylic acid groups (broad SMARTS) is 1. The van der Waals surface area contributed by atoms with E-state index in [-0.39, 0.29) is 17.4 Å². The zero-order valence-corrected chi connectivity index (χ0v) is 10.9. The summed E-state index contributed by atoms with van der Waals surface area (Å²) in [5, 5.41) is 9.20. The van der Waals surface area contributed by atoms with E-state index < -0.39 is 17.8 Å². The van der Waals surface area contributed by atoms with Crippen molar-refractivity contribution in [2.75, 3.05) is 6.54 Å². The van der Waals surface area contributed by atoms with Gasteiger partial charge in [-0.3, -0.25) is 4.79 Å². The minimum atomic E-state index is -0.990. The van der Waals surface area contributed by atoms with Crippen LogP contribution in [0.1, 0.15) is 18.4 Å². The highest BCUT2D eigenvalue weighted by Crippen LogP contribution is 2.22. The zero-order chi connectivity index (χ0) is 14.0. The molecule has 0 bridgehead atoms. The van der Waals surface area contributed by atoms with Gasteiger partial charge in [0.2, 0.25) is 5.91 Å². The maximum Gasteiger partial charge on any atom is 0.326 e. The number of aliphatic carboxylic acids is 1. The third-order valence-electron chi connectivity index (χ3n) is 3.21. The number of carboxylic acids is 1. The van der Waals surface area contributed by atoms with E-state index in [9.17, 15) is 14.0 Å². The predicted octanol–water partition coefficient (Wildman–Crippen LogP) is 2.10. The first-order valence-electron chi connectivity index (χ1n) is 5.95. The van der Waals surface area contributed by atoms with E-state index in [1.165, 1.54) is 17.0 Å². The van der Waals surface area contributed by atoms with Gasteiger partial charge in [-0.05, 0) is 30.5 Å². The van der Waals surface area contributed by atoms with Crippen LogP contribution in [0, 0.1) is 5.82 Å². The van der Waals surface area contributed by atoms with Gasteiger partial charge in [0.1, 0.15) is 11.9 Å². The number of halogens is 2. The molecular weight excluding hydrogens is 273 g/mol. The summed E-state index contributed by atoms with van der Waals surface area (Å²) in [6.07, 6.45) is 1.14. The molecule has 0 unspecified atom stereocenters. The van der Waals surface area contributed by atoms with E-state index in [0.717, 1.165) is 6.07 Å². The van der Waals surface area contributed by atoms with Crippen molar-refractivity contribution >= 4 is 23.5 Å². The van der Waals surface area contributed by atoms with E-state index in [2.05, 4.69) is 0 Å². The van der Waals surface area contributed by atoms with Gasteiger partial charge in [-0.1, -0.05) is 17.7 Å². The first kappa shape index (κ1) is 13.8. The molecule has 1 aliphatic heterocycles. The predicted molar refractivity (Wildman–Crippen MR) is 67.5 cm³/mol. The second-order valence-corrected chi connectivity index (χ2v) is 4.90. The third-order valence-corrected chi connectivity index (χ3v) is 3.57. The number of carbonyl (C=O) groups excluding carboxylic acids is 1. The Morgan fingerprint density at radius 1 is 1.47 bits per heavy atom. The van der Waals surface area contributed by atoms with Gasteiger partial charge < -0.3 is 10.0 Å². The Hall–Kier alpha value is -1.62. The molecule has 0 aromatic heterocycles. The second kappa shape index (κ2) is 5.57. The Morgan fingerprint density at radius 3 is 2.84 bits per heavy atom. The summed E-state index contributed by atoms with van der Waals surface area (Å²) in [6, 6.07) is 3.06. The fourth-order valence-corrected chi connectivity index (χ4v) is 2.49. The number of hydrogen-bond donors (Lipinski definition) is 1. The normalized spacial score (nSPS) is 18.6.